The minimum absolute atomic E-state index is 0.252. The second-order valence-corrected chi connectivity index (χ2v) is 7.63. The van der Waals surface area contributed by atoms with E-state index in [4.69, 9.17) is 27.9 Å². The zero-order chi connectivity index (χ0) is 20.6. The highest BCUT2D eigenvalue weighted by atomic mass is 35.5. The van der Waals surface area contributed by atoms with Crippen LogP contribution in [0.2, 0.25) is 10.0 Å². The lowest BCUT2D eigenvalue weighted by Crippen LogP contribution is -3.13. The first-order chi connectivity index (χ1) is 14.1. The van der Waals surface area contributed by atoms with Crippen molar-refractivity contribution in [3.05, 3.63) is 64.1 Å². The molecule has 2 N–H and O–H groups in total. The van der Waals surface area contributed by atoms with Gasteiger partial charge in [0.1, 0.15) is 6.54 Å². The maximum atomic E-state index is 12.5. The molecule has 0 saturated carbocycles. The maximum absolute atomic E-state index is 12.5. The zero-order valence-electron chi connectivity index (χ0n) is 16.3. The molecular formula is C21H25Cl2N4O2+. The van der Waals surface area contributed by atoms with Gasteiger partial charge in [0.15, 0.2) is 0 Å². The van der Waals surface area contributed by atoms with Crippen LogP contribution in [0.25, 0.3) is 0 Å². The van der Waals surface area contributed by atoms with E-state index in [0.29, 0.717) is 28.8 Å². The van der Waals surface area contributed by atoms with Gasteiger partial charge in [-0.25, -0.2) is 4.79 Å². The van der Waals surface area contributed by atoms with E-state index in [2.05, 4.69) is 34.8 Å². The van der Waals surface area contributed by atoms with E-state index in [-0.39, 0.29) is 12.4 Å². The Labute approximate surface area is 181 Å². The predicted octanol–water partition coefficient (Wildman–Crippen LogP) is 2.68. The Bertz CT molecular complexity index is 853. The number of nitrogens with zero attached hydrogens (tertiary/aromatic N) is 2. The van der Waals surface area contributed by atoms with Crippen LogP contribution in [0.3, 0.4) is 0 Å². The Hall–Kier alpha value is -2.28. The molecule has 29 heavy (non-hydrogen) atoms. The van der Waals surface area contributed by atoms with Gasteiger partial charge in [-0.05, 0) is 25.1 Å². The first-order valence-electron chi connectivity index (χ1n) is 9.65. The molecule has 2 aromatic carbocycles. The van der Waals surface area contributed by atoms with E-state index in [1.54, 1.807) is 25.1 Å². The fraction of sp³-hybridized carbons (Fsp3) is 0.333. The van der Waals surface area contributed by atoms with Crippen LogP contribution < -0.4 is 10.3 Å². The van der Waals surface area contributed by atoms with Crippen molar-refractivity contribution in [2.75, 3.05) is 38.2 Å². The number of ether oxygens (including phenoxy) is 1. The highest BCUT2D eigenvalue weighted by Gasteiger charge is 2.27. The smallest absolute Gasteiger partial charge is 0.376 e. The van der Waals surface area contributed by atoms with Crippen LogP contribution in [-0.4, -0.2) is 49.5 Å². The number of esters is 1. The van der Waals surface area contributed by atoms with Crippen molar-refractivity contribution in [1.82, 2.24) is 4.90 Å². The standard InChI is InChI=1S/C21H24Cl2N4O2/c1-2-29-21(28)20(25-24-19-14-17(22)8-9-18(19)23)27-12-10-26(11-13-27)15-16-6-4-3-5-7-16/h3-9,14,24H,2,10-13,15H2,1H3/p+1/b25-20+. The van der Waals surface area contributed by atoms with Crippen LogP contribution in [0.15, 0.2) is 53.6 Å². The van der Waals surface area contributed by atoms with E-state index in [1.807, 2.05) is 11.0 Å². The number of carbonyl (C=O) groups excluding carboxylic acids is 1. The SMILES string of the molecule is CCOC(=O)/C(=N\Nc1cc(Cl)ccc1Cl)N1CC[NH+](Cc2ccccc2)CC1. The van der Waals surface area contributed by atoms with Gasteiger partial charge in [0.05, 0.1) is 43.5 Å². The molecule has 154 valence electrons. The first-order valence-corrected chi connectivity index (χ1v) is 10.4. The van der Waals surface area contributed by atoms with Crippen molar-refractivity contribution in [3.63, 3.8) is 0 Å². The van der Waals surface area contributed by atoms with Crippen molar-refractivity contribution in [1.29, 1.82) is 0 Å². The van der Waals surface area contributed by atoms with E-state index in [9.17, 15) is 4.79 Å². The van der Waals surface area contributed by atoms with Gasteiger partial charge in [0.2, 0.25) is 5.84 Å². The summed E-state index contributed by atoms with van der Waals surface area (Å²) in [5.41, 5.74) is 4.71. The van der Waals surface area contributed by atoms with Crippen LogP contribution in [0.1, 0.15) is 12.5 Å². The number of rotatable bonds is 5. The number of benzene rings is 2. The second-order valence-electron chi connectivity index (χ2n) is 6.79. The van der Waals surface area contributed by atoms with Gasteiger partial charge in [-0.1, -0.05) is 53.5 Å². The zero-order valence-corrected chi connectivity index (χ0v) is 17.8. The third-order valence-electron chi connectivity index (χ3n) is 4.74. The summed E-state index contributed by atoms with van der Waals surface area (Å²) >= 11 is 12.2. The highest BCUT2D eigenvalue weighted by molar-refractivity contribution is 6.36. The van der Waals surface area contributed by atoms with Gasteiger partial charge in [0.25, 0.3) is 0 Å². The third kappa shape index (κ3) is 6.10. The number of piperazine rings is 1. The van der Waals surface area contributed by atoms with Crippen LogP contribution >= 0.6 is 23.2 Å². The second kappa shape index (κ2) is 10.5. The number of hydrazone groups is 1. The summed E-state index contributed by atoms with van der Waals surface area (Å²) in [4.78, 5) is 15.9. The quantitative estimate of drug-likeness (QED) is 0.328. The number of anilines is 1. The minimum atomic E-state index is -0.454. The fourth-order valence-electron chi connectivity index (χ4n) is 3.23. The summed E-state index contributed by atoms with van der Waals surface area (Å²) in [6, 6.07) is 15.5. The molecule has 0 radical (unpaired) electrons. The lowest BCUT2D eigenvalue weighted by molar-refractivity contribution is -0.917. The average Bonchev–Trinajstić information content (AvgIpc) is 2.73. The van der Waals surface area contributed by atoms with Gasteiger partial charge in [-0.15, -0.1) is 5.10 Å². The Morgan fingerprint density at radius 2 is 1.90 bits per heavy atom. The van der Waals surface area contributed by atoms with Crippen molar-refractivity contribution in [2.45, 2.75) is 13.5 Å². The van der Waals surface area contributed by atoms with E-state index >= 15 is 0 Å². The molecule has 6 nitrogen and oxygen atoms in total. The van der Waals surface area contributed by atoms with Gasteiger partial charge in [-0.3, -0.25) is 5.43 Å². The average molecular weight is 436 g/mol. The molecule has 1 aliphatic heterocycles. The summed E-state index contributed by atoms with van der Waals surface area (Å²) in [6.07, 6.45) is 0. The van der Waals surface area contributed by atoms with Gasteiger partial charge >= 0.3 is 5.97 Å². The molecular weight excluding hydrogens is 411 g/mol. The highest BCUT2D eigenvalue weighted by Crippen LogP contribution is 2.25. The summed E-state index contributed by atoms with van der Waals surface area (Å²) in [5.74, 6) is -0.202. The summed E-state index contributed by atoms with van der Waals surface area (Å²) in [6.45, 7) is 6.27. The number of amidine groups is 1. The summed E-state index contributed by atoms with van der Waals surface area (Å²) in [7, 11) is 0. The molecule has 0 aliphatic carbocycles. The molecule has 1 fully saturated rings. The van der Waals surface area contributed by atoms with Gasteiger partial charge < -0.3 is 14.5 Å². The van der Waals surface area contributed by atoms with E-state index in [0.717, 1.165) is 19.6 Å². The molecule has 0 aromatic heterocycles. The maximum Gasteiger partial charge on any atom is 0.376 e. The lowest BCUT2D eigenvalue weighted by atomic mass is 10.2. The third-order valence-corrected chi connectivity index (χ3v) is 5.30. The lowest BCUT2D eigenvalue weighted by Gasteiger charge is -2.33. The number of quaternary nitrogens is 1. The largest absolute Gasteiger partial charge is 0.460 e. The molecule has 3 rings (SSSR count). The van der Waals surface area contributed by atoms with Crippen LogP contribution in [0.4, 0.5) is 5.69 Å². The molecule has 0 unspecified atom stereocenters. The number of carbonyl (C=O) groups is 1. The Morgan fingerprint density at radius 1 is 1.17 bits per heavy atom. The number of hydrogen-bond donors (Lipinski definition) is 2. The summed E-state index contributed by atoms with van der Waals surface area (Å²) in [5, 5.41) is 5.31. The fourth-order valence-corrected chi connectivity index (χ4v) is 3.57. The van der Waals surface area contributed by atoms with Crippen molar-refractivity contribution < 1.29 is 14.4 Å². The van der Waals surface area contributed by atoms with Gasteiger partial charge in [0, 0.05) is 10.6 Å². The molecule has 0 bridgehead atoms. The Kier molecular flexibility index (Phi) is 7.75. The van der Waals surface area contributed by atoms with Crippen molar-refractivity contribution in [3.8, 4) is 0 Å². The molecule has 0 amide bonds. The minimum Gasteiger partial charge on any atom is -0.460 e. The molecule has 1 heterocycles. The monoisotopic (exact) mass is 435 g/mol. The van der Waals surface area contributed by atoms with Crippen LogP contribution in [0, 0.1) is 0 Å². The molecule has 1 saturated heterocycles. The Morgan fingerprint density at radius 3 is 2.59 bits per heavy atom. The molecule has 8 heteroatoms. The molecule has 0 atom stereocenters. The Balaban J connectivity index is 1.67. The van der Waals surface area contributed by atoms with Gasteiger partial charge in [-0.2, -0.15) is 0 Å². The normalized spacial score (nSPS) is 15.3. The van der Waals surface area contributed by atoms with Crippen molar-refractivity contribution >= 4 is 40.7 Å². The number of halogens is 2. The van der Waals surface area contributed by atoms with Crippen molar-refractivity contribution in [2.24, 2.45) is 5.10 Å². The molecule has 0 spiro atoms. The summed E-state index contributed by atoms with van der Waals surface area (Å²) < 4.78 is 5.20. The van der Waals surface area contributed by atoms with E-state index in [1.165, 1.54) is 10.5 Å². The molecule has 2 aromatic rings. The van der Waals surface area contributed by atoms with Crippen LogP contribution in [0.5, 0.6) is 0 Å². The molecule has 1 aliphatic rings. The first kappa shape index (κ1) is 21.4. The van der Waals surface area contributed by atoms with Crippen LogP contribution in [-0.2, 0) is 16.1 Å². The number of nitrogens with one attached hydrogen (secondary N) is 2. The van der Waals surface area contributed by atoms with E-state index < -0.39 is 5.97 Å². The number of hydrogen-bond acceptors (Lipinski definition) is 4. The topological polar surface area (TPSA) is 58.4 Å². The predicted molar refractivity (Wildman–Crippen MR) is 117 cm³/mol.